The van der Waals surface area contributed by atoms with Crippen molar-refractivity contribution in [1.29, 1.82) is 0 Å². The Kier molecular flexibility index (Phi) is 15.3. The van der Waals surface area contributed by atoms with Crippen molar-refractivity contribution in [2.75, 3.05) is 20.8 Å². The third-order valence-electron chi connectivity index (χ3n) is 8.22. The van der Waals surface area contributed by atoms with E-state index in [-0.39, 0.29) is 5.75 Å². The van der Waals surface area contributed by atoms with E-state index in [9.17, 15) is 8.42 Å². The summed E-state index contributed by atoms with van der Waals surface area (Å²) in [7, 11) is -0.370. The molecule has 1 N–H and O–H groups in total. The first-order valence-electron chi connectivity index (χ1n) is 16.1. The first kappa shape index (κ1) is 34.0. The number of hydrogen-bond acceptors (Lipinski definition) is 5. The maximum atomic E-state index is 13.5. The van der Waals surface area contributed by atoms with Gasteiger partial charge in [0.25, 0.3) is 0 Å². The molecular weight excluding hydrogens is 546 g/mol. The van der Waals surface area contributed by atoms with Gasteiger partial charge < -0.3 is 14.6 Å². The summed E-state index contributed by atoms with van der Waals surface area (Å²) >= 11 is 0. The summed E-state index contributed by atoms with van der Waals surface area (Å²) in [6.45, 7) is 0.337. The molecule has 0 aliphatic carbocycles. The Morgan fingerprint density at radius 3 is 1.69 bits per heavy atom. The van der Waals surface area contributed by atoms with E-state index >= 15 is 0 Å². The summed E-state index contributed by atoms with van der Waals surface area (Å²) < 4.78 is 39.3. The molecule has 0 unspecified atom stereocenters. The molecule has 42 heavy (non-hydrogen) atoms. The third-order valence-corrected chi connectivity index (χ3v) is 9.82. The molecule has 0 aliphatic rings. The van der Waals surface area contributed by atoms with Crippen LogP contribution in [0.1, 0.15) is 114 Å². The number of rotatable bonds is 23. The average molecular weight is 600 g/mol. The van der Waals surface area contributed by atoms with Crippen LogP contribution in [-0.4, -0.2) is 38.3 Å². The van der Waals surface area contributed by atoms with Crippen molar-refractivity contribution in [3.8, 4) is 11.5 Å². The Balaban J connectivity index is 1.40. The fourth-order valence-corrected chi connectivity index (χ4v) is 7.29. The van der Waals surface area contributed by atoms with E-state index in [2.05, 4.69) is 0 Å². The molecule has 3 rings (SSSR count). The highest BCUT2D eigenvalue weighted by atomic mass is 32.2. The summed E-state index contributed by atoms with van der Waals surface area (Å²) in [5.74, 6) is 1.35. The molecule has 6 nitrogen and oxygen atoms in total. The van der Waals surface area contributed by atoms with Crippen molar-refractivity contribution in [2.45, 2.75) is 115 Å². The fraction of sp³-hybridized carbons (Fsp3) is 0.600. The molecule has 0 saturated heterocycles. The molecule has 1 heterocycles. The summed E-state index contributed by atoms with van der Waals surface area (Å²) in [6.07, 6.45) is 22.8. The van der Waals surface area contributed by atoms with Gasteiger partial charge in [-0.15, -0.1) is 0 Å². The van der Waals surface area contributed by atoms with E-state index in [0.29, 0.717) is 17.9 Å². The van der Waals surface area contributed by atoms with Crippen LogP contribution in [0.4, 0.5) is 0 Å². The molecule has 0 bridgehead atoms. The molecule has 0 amide bonds. The lowest BCUT2D eigenvalue weighted by Gasteiger charge is -2.09. The van der Waals surface area contributed by atoms with Gasteiger partial charge in [-0.2, -0.15) is 0 Å². The summed E-state index contributed by atoms with van der Waals surface area (Å²) in [5.41, 5.74) is 2.44. The Bertz CT molecular complexity index is 1270. The Morgan fingerprint density at radius 1 is 0.667 bits per heavy atom. The van der Waals surface area contributed by atoms with Gasteiger partial charge in [-0.1, -0.05) is 108 Å². The van der Waals surface area contributed by atoms with Crippen LogP contribution in [0, 0.1) is 0 Å². The normalized spacial score (nSPS) is 11.8. The van der Waals surface area contributed by atoms with Crippen molar-refractivity contribution in [2.24, 2.45) is 0 Å². The van der Waals surface area contributed by atoms with Crippen molar-refractivity contribution in [1.82, 2.24) is 3.97 Å². The van der Waals surface area contributed by atoms with Crippen LogP contribution in [0.5, 0.6) is 11.5 Å². The van der Waals surface area contributed by atoms with Crippen LogP contribution in [0.2, 0.25) is 0 Å². The maximum Gasteiger partial charge on any atom is 0.243 e. The number of aliphatic hydroxyl groups is 1. The number of benzene rings is 2. The highest BCUT2D eigenvalue weighted by Crippen LogP contribution is 2.33. The van der Waals surface area contributed by atoms with E-state index in [1.54, 1.807) is 38.5 Å². The molecule has 0 atom stereocenters. The Morgan fingerprint density at radius 2 is 1.19 bits per heavy atom. The molecular formula is C35H53NO5S. The van der Waals surface area contributed by atoms with E-state index in [4.69, 9.17) is 14.6 Å². The second-order valence-corrected chi connectivity index (χ2v) is 13.4. The largest absolute Gasteiger partial charge is 0.497 e. The SMILES string of the molecule is COc1ccc(CS(=O)(=O)n2cc(CCCCCCCCCCCCCCCCCCO)c3c(OC)cccc32)cc1. The predicted molar refractivity (Wildman–Crippen MR) is 174 cm³/mol. The van der Waals surface area contributed by atoms with Gasteiger partial charge in [-0.3, -0.25) is 0 Å². The van der Waals surface area contributed by atoms with E-state index < -0.39 is 10.0 Å². The first-order chi connectivity index (χ1) is 20.5. The summed E-state index contributed by atoms with van der Waals surface area (Å²) in [6, 6.07) is 12.8. The molecule has 7 heteroatoms. The maximum absolute atomic E-state index is 13.5. The van der Waals surface area contributed by atoms with Crippen molar-refractivity contribution in [3.05, 3.63) is 59.8 Å². The van der Waals surface area contributed by atoms with Gasteiger partial charge in [0.1, 0.15) is 11.5 Å². The van der Waals surface area contributed by atoms with Gasteiger partial charge in [0.2, 0.25) is 10.0 Å². The van der Waals surface area contributed by atoms with E-state index in [1.165, 1.54) is 87.4 Å². The smallest absolute Gasteiger partial charge is 0.243 e. The van der Waals surface area contributed by atoms with Crippen molar-refractivity contribution >= 4 is 20.9 Å². The van der Waals surface area contributed by atoms with Gasteiger partial charge in [-0.05, 0) is 54.7 Å². The highest BCUT2D eigenvalue weighted by Gasteiger charge is 2.21. The van der Waals surface area contributed by atoms with Crippen LogP contribution >= 0.6 is 0 Å². The fourth-order valence-electron chi connectivity index (χ4n) is 5.80. The molecule has 2 aromatic carbocycles. The molecule has 1 aromatic heterocycles. The van der Waals surface area contributed by atoms with Crippen LogP contribution < -0.4 is 9.47 Å². The van der Waals surface area contributed by atoms with Gasteiger partial charge in [0, 0.05) is 18.2 Å². The van der Waals surface area contributed by atoms with E-state index in [1.807, 2.05) is 24.4 Å². The number of methoxy groups -OCH3 is 2. The van der Waals surface area contributed by atoms with Crippen LogP contribution in [0.15, 0.2) is 48.7 Å². The highest BCUT2D eigenvalue weighted by molar-refractivity contribution is 7.89. The number of unbranched alkanes of at least 4 members (excludes halogenated alkanes) is 15. The topological polar surface area (TPSA) is 77.8 Å². The zero-order valence-corrected chi connectivity index (χ0v) is 26.8. The summed E-state index contributed by atoms with van der Waals surface area (Å²) in [4.78, 5) is 0. The van der Waals surface area contributed by atoms with Gasteiger partial charge in [-0.25, -0.2) is 12.4 Å². The second-order valence-electron chi connectivity index (χ2n) is 11.5. The molecule has 0 radical (unpaired) electrons. The number of aryl methyl sites for hydroxylation is 1. The quantitative estimate of drug-likeness (QED) is 0.110. The second kappa shape index (κ2) is 18.9. The summed E-state index contributed by atoms with van der Waals surface area (Å²) in [5, 5.41) is 9.72. The van der Waals surface area contributed by atoms with Crippen LogP contribution in [-0.2, 0) is 22.2 Å². The zero-order chi connectivity index (χ0) is 30.0. The third kappa shape index (κ3) is 11.0. The molecule has 3 aromatic rings. The zero-order valence-electron chi connectivity index (χ0n) is 26.0. The van der Waals surface area contributed by atoms with Crippen LogP contribution in [0.25, 0.3) is 10.9 Å². The van der Waals surface area contributed by atoms with Gasteiger partial charge >= 0.3 is 0 Å². The number of hydrogen-bond donors (Lipinski definition) is 1. The van der Waals surface area contributed by atoms with Gasteiger partial charge in [0.15, 0.2) is 0 Å². The van der Waals surface area contributed by atoms with E-state index in [0.717, 1.165) is 47.9 Å². The van der Waals surface area contributed by atoms with Crippen molar-refractivity contribution < 1.29 is 23.0 Å². The number of nitrogens with zero attached hydrogens (tertiary/aromatic N) is 1. The average Bonchev–Trinajstić information content (AvgIpc) is 3.39. The molecule has 0 aliphatic heterocycles. The lowest BCUT2D eigenvalue weighted by Crippen LogP contribution is -2.14. The lowest BCUT2D eigenvalue weighted by molar-refractivity contribution is 0.282. The standard InChI is InChI=1S/C35H53NO5S/c1-40-32-25-23-30(24-26-32)29-42(38,39)36-28-31(35-33(36)21-19-22-34(35)41-2)20-17-15-13-11-9-7-5-3-4-6-8-10-12-14-16-18-27-37/h19,21-26,28,37H,3-18,20,27,29H2,1-2H3. The monoisotopic (exact) mass is 599 g/mol. The van der Waals surface area contributed by atoms with Crippen molar-refractivity contribution in [3.63, 3.8) is 0 Å². The minimum absolute atomic E-state index is 0.0798. The Hall–Kier alpha value is -2.51. The minimum atomic E-state index is -3.61. The van der Waals surface area contributed by atoms with Gasteiger partial charge in [0.05, 0.1) is 25.5 Å². The number of aliphatic hydroxyl groups excluding tert-OH is 1. The number of aromatic nitrogens is 1. The first-order valence-corrected chi connectivity index (χ1v) is 17.7. The number of ether oxygens (including phenoxy) is 2. The molecule has 234 valence electrons. The predicted octanol–water partition coefficient (Wildman–Crippen LogP) is 8.81. The molecule has 0 fully saturated rings. The van der Waals surface area contributed by atoms with Crippen LogP contribution in [0.3, 0.4) is 0 Å². The number of fused-ring (bicyclic) bond motifs is 1. The lowest BCUT2D eigenvalue weighted by atomic mass is 10.0. The molecule has 0 spiro atoms. The molecule has 0 saturated carbocycles. The minimum Gasteiger partial charge on any atom is -0.497 e. The Labute approximate surface area is 254 Å².